The van der Waals surface area contributed by atoms with E-state index in [1.807, 2.05) is 6.20 Å². The van der Waals surface area contributed by atoms with Crippen LogP contribution in [0.2, 0.25) is 0 Å². The first-order valence-electron chi connectivity index (χ1n) is 5.89. The number of aromatic amines is 1. The van der Waals surface area contributed by atoms with E-state index >= 15 is 0 Å². The minimum atomic E-state index is 0.447. The third-order valence-corrected chi connectivity index (χ3v) is 3.51. The maximum Gasteiger partial charge on any atom is 0.182 e. The second-order valence-electron chi connectivity index (χ2n) is 4.73. The highest BCUT2D eigenvalue weighted by molar-refractivity contribution is 7.71. The molecule has 90 valence electrons. The van der Waals surface area contributed by atoms with Crippen LogP contribution in [0.4, 0.5) is 0 Å². The zero-order valence-electron chi connectivity index (χ0n) is 10.7. The summed E-state index contributed by atoms with van der Waals surface area (Å²) in [5.41, 5.74) is 4.98. The molecule has 0 spiro atoms. The van der Waals surface area contributed by atoms with Gasteiger partial charge in [-0.3, -0.25) is 4.57 Å². The Labute approximate surface area is 107 Å². The first-order valence-corrected chi connectivity index (χ1v) is 6.30. The van der Waals surface area contributed by atoms with Crippen LogP contribution in [-0.2, 0) is 0 Å². The Morgan fingerprint density at radius 3 is 2.59 bits per heavy atom. The van der Waals surface area contributed by atoms with E-state index in [2.05, 4.69) is 55.4 Å². The summed E-state index contributed by atoms with van der Waals surface area (Å²) in [5.74, 6) is 0.447. The lowest BCUT2D eigenvalue weighted by molar-refractivity contribution is 0.781. The highest BCUT2D eigenvalue weighted by Crippen LogP contribution is 2.23. The molecule has 0 bridgehead atoms. The fourth-order valence-corrected chi connectivity index (χ4v) is 2.30. The Morgan fingerprint density at radius 1 is 1.24 bits per heavy atom. The molecule has 1 aromatic heterocycles. The summed E-state index contributed by atoms with van der Waals surface area (Å²) >= 11 is 5.38. The molecule has 0 radical (unpaired) electrons. The molecule has 0 saturated carbocycles. The third-order valence-electron chi connectivity index (χ3n) is 3.21. The van der Waals surface area contributed by atoms with E-state index < -0.39 is 0 Å². The lowest BCUT2D eigenvalue weighted by Gasteiger charge is -2.14. The summed E-state index contributed by atoms with van der Waals surface area (Å²) in [5, 5.41) is 0. The summed E-state index contributed by atoms with van der Waals surface area (Å²) in [7, 11) is 0. The minimum Gasteiger partial charge on any atom is -0.337 e. The highest BCUT2D eigenvalue weighted by atomic mass is 32.1. The Morgan fingerprint density at radius 2 is 1.94 bits per heavy atom. The predicted octanol–water partition coefficient (Wildman–Crippen LogP) is 4.28. The molecule has 0 unspecified atom stereocenters. The van der Waals surface area contributed by atoms with E-state index in [0.29, 0.717) is 5.92 Å². The quantitative estimate of drug-likeness (QED) is 0.785. The van der Waals surface area contributed by atoms with E-state index in [1.165, 1.54) is 22.5 Å². The van der Waals surface area contributed by atoms with Crippen LogP contribution >= 0.6 is 12.2 Å². The Balaban J connectivity index is 2.72. The predicted molar refractivity (Wildman–Crippen MR) is 74.5 cm³/mol. The maximum atomic E-state index is 5.38. The Bertz CT molecular complexity index is 591. The van der Waals surface area contributed by atoms with Crippen LogP contribution in [0.15, 0.2) is 24.4 Å². The van der Waals surface area contributed by atoms with Gasteiger partial charge in [-0.25, -0.2) is 0 Å². The van der Waals surface area contributed by atoms with Gasteiger partial charge in [0.2, 0.25) is 0 Å². The van der Waals surface area contributed by atoms with Gasteiger partial charge in [0.1, 0.15) is 0 Å². The molecule has 0 aliphatic carbocycles. The lowest BCUT2D eigenvalue weighted by Crippen LogP contribution is -2.04. The van der Waals surface area contributed by atoms with Crippen LogP contribution in [-0.4, -0.2) is 9.55 Å². The van der Waals surface area contributed by atoms with Crippen molar-refractivity contribution < 1.29 is 0 Å². The van der Waals surface area contributed by atoms with Gasteiger partial charge in [-0.05, 0) is 49.2 Å². The van der Waals surface area contributed by atoms with Crippen molar-refractivity contribution in [3.63, 3.8) is 0 Å². The van der Waals surface area contributed by atoms with Gasteiger partial charge in [0.05, 0.1) is 5.69 Å². The number of aromatic nitrogens is 2. The average Bonchev–Trinajstić information content (AvgIpc) is 2.65. The van der Waals surface area contributed by atoms with Crippen LogP contribution in [0, 0.1) is 18.6 Å². The van der Waals surface area contributed by atoms with Crippen molar-refractivity contribution in [2.24, 2.45) is 0 Å². The summed E-state index contributed by atoms with van der Waals surface area (Å²) < 4.78 is 2.91. The van der Waals surface area contributed by atoms with Crippen molar-refractivity contribution in [2.45, 2.75) is 33.6 Å². The molecule has 3 heteroatoms. The van der Waals surface area contributed by atoms with Gasteiger partial charge in [0.15, 0.2) is 4.77 Å². The first-order chi connectivity index (χ1) is 8.02. The van der Waals surface area contributed by atoms with Gasteiger partial charge < -0.3 is 4.98 Å². The minimum absolute atomic E-state index is 0.447. The number of hydrogen-bond acceptors (Lipinski definition) is 1. The van der Waals surface area contributed by atoms with Crippen LogP contribution in [0.5, 0.6) is 0 Å². The summed E-state index contributed by atoms with van der Waals surface area (Å²) in [6, 6.07) is 6.33. The topological polar surface area (TPSA) is 20.7 Å². The van der Waals surface area contributed by atoms with Gasteiger partial charge in [0.25, 0.3) is 0 Å². The monoisotopic (exact) mass is 246 g/mol. The van der Waals surface area contributed by atoms with Crippen molar-refractivity contribution in [3.8, 4) is 5.69 Å². The Hall–Kier alpha value is -1.35. The smallest absolute Gasteiger partial charge is 0.182 e. The van der Waals surface area contributed by atoms with Crippen LogP contribution in [0.25, 0.3) is 5.69 Å². The van der Waals surface area contributed by atoms with E-state index in [-0.39, 0.29) is 0 Å². The molecule has 2 rings (SSSR count). The normalized spacial score (nSPS) is 11.1. The Kier molecular flexibility index (Phi) is 3.20. The van der Waals surface area contributed by atoms with Crippen molar-refractivity contribution >= 4 is 12.2 Å². The molecule has 1 heterocycles. The number of rotatable bonds is 2. The van der Waals surface area contributed by atoms with Crippen molar-refractivity contribution in [1.82, 2.24) is 9.55 Å². The summed E-state index contributed by atoms with van der Waals surface area (Å²) in [6.45, 7) is 8.63. The third kappa shape index (κ3) is 2.07. The van der Waals surface area contributed by atoms with Crippen molar-refractivity contribution in [1.29, 1.82) is 0 Å². The number of hydrogen-bond donors (Lipinski definition) is 1. The van der Waals surface area contributed by atoms with Gasteiger partial charge in [-0.15, -0.1) is 0 Å². The van der Waals surface area contributed by atoms with Crippen molar-refractivity contribution in [2.75, 3.05) is 0 Å². The number of nitrogens with one attached hydrogen (secondary N) is 1. The molecule has 0 aliphatic rings. The molecule has 0 amide bonds. The number of imidazole rings is 1. The van der Waals surface area contributed by atoms with Crippen LogP contribution in [0.3, 0.4) is 0 Å². The average molecular weight is 246 g/mol. The fraction of sp³-hybridized carbons (Fsp3) is 0.357. The van der Waals surface area contributed by atoms with Gasteiger partial charge in [-0.1, -0.05) is 26.0 Å². The van der Waals surface area contributed by atoms with E-state index in [4.69, 9.17) is 12.2 Å². The van der Waals surface area contributed by atoms with E-state index in [1.54, 1.807) is 0 Å². The van der Waals surface area contributed by atoms with E-state index in [0.717, 1.165) is 4.77 Å². The van der Waals surface area contributed by atoms with Gasteiger partial charge in [-0.2, -0.15) is 0 Å². The van der Waals surface area contributed by atoms with Crippen LogP contribution < -0.4 is 0 Å². The lowest BCUT2D eigenvalue weighted by atomic mass is 10.1. The molecule has 0 fully saturated rings. The standard InChI is InChI=1S/C14H18N2S/c1-9(2)13-8-15-14(17)16(13)12-7-5-6-10(3)11(12)4/h5-9H,1-4H3,(H,15,17). The maximum absolute atomic E-state index is 5.38. The SMILES string of the molecule is Cc1cccc(-n2c(C(C)C)c[nH]c2=S)c1C. The molecule has 0 aliphatic heterocycles. The molecule has 2 aromatic rings. The zero-order valence-corrected chi connectivity index (χ0v) is 11.6. The zero-order chi connectivity index (χ0) is 12.6. The first kappa shape index (κ1) is 12.1. The number of aryl methyl sites for hydroxylation is 1. The molecular formula is C14H18N2S. The molecular weight excluding hydrogens is 228 g/mol. The van der Waals surface area contributed by atoms with Gasteiger partial charge in [0, 0.05) is 11.9 Å². The molecule has 2 nitrogen and oxygen atoms in total. The molecule has 0 saturated heterocycles. The van der Waals surface area contributed by atoms with Gasteiger partial charge >= 0.3 is 0 Å². The highest BCUT2D eigenvalue weighted by Gasteiger charge is 2.11. The van der Waals surface area contributed by atoms with E-state index in [9.17, 15) is 0 Å². The number of H-pyrrole nitrogens is 1. The summed E-state index contributed by atoms with van der Waals surface area (Å²) in [6.07, 6.45) is 2.01. The summed E-state index contributed by atoms with van der Waals surface area (Å²) in [4.78, 5) is 3.14. The molecule has 0 atom stereocenters. The molecule has 17 heavy (non-hydrogen) atoms. The second kappa shape index (κ2) is 4.49. The molecule has 1 aromatic carbocycles. The number of benzene rings is 1. The number of nitrogens with zero attached hydrogens (tertiary/aromatic N) is 1. The second-order valence-corrected chi connectivity index (χ2v) is 5.11. The van der Waals surface area contributed by atoms with Crippen molar-refractivity contribution in [3.05, 3.63) is 46.0 Å². The molecule has 1 N–H and O–H groups in total. The largest absolute Gasteiger partial charge is 0.337 e. The fourth-order valence-electron chi connectivity index (χ4n) is 2.03. The van der Waals surface area contributed by atoms with Crippen LogP contribution in [0.1, 0.15) is 36.6 Å².